The lowest BCUT2D eigenvalue weighted by atomic mass is 10.1. The van der Waals surface area contributed by atoms with E-state index in [1.807, 2.05) is 44.2 Å². The van der Waals surface area contributed by atoms with E-state index in [1.165, 1.54) is 7.11 Å². The molecule has 1 amide bonds. The molecule has 6 nitrogen and oxygen atoms in total. The van der Waals surface area contributed by atoms with E-state index in [0.717, 1.165) is 11.3 Å². The average Bonchev–Trinajstić information content (AvgIpc) is 3.23. The van der Waals surface area contributed by atoms with Gasteiger partial charge < -0.3 is 19.8 Å². The van der Waals surface area contributed by atoms with Crippen molar-refractivity contribution in [2.45, 2.75) is 26.3 Å². The van der Waals surface area contributed by atoms with Crippen LogP contribution in [0, 0.1) is 0 Å². The van der Waals surface area contributed by atoms with Gasteiger partial charge in [-0.1, -0.05) is 48.9 Å². The van der Waals surface area contributed by atoms with E-state index in [0.29, 0.717) is 40.9 Å². The summed E-state index contributed by atoms with van der Waals surface area (Å²) in [6.45, 7) is 4.29. The third kappa shape index (κ3) is 4.71. The SMILES string of the molecule is CCOc1c(Cl)cc(C(=O)NC(CC)c2ncc(-c3ccccc3)[nH]2)cc1OC. The lowest BCUT2D eigenvalue weighted by Crippen LogP contribution is -2.29. The zero-order valence-corrected chi connectivity index (χ0v) is 17.4. The minimum Gasteiger partial charge on any atom is -0.493 e. The summed E-state index contributed by atoms with van der Waals surface area (Å²) in [5.74, 6) is 1.28. The number of nitrogens with one attached hydrogen (secondary N) is 2. The number of carbonyl (C=O) groups excluding carboxylic acids is 1. The number of hydrogen-bond donors (Lipinski definition) is 2. The summed E-state index contributed by atoms with van der Waals surface area (Å²) in [7, 11) is 1.51. The highest BCUT2D eigenvalue weighted by Gasteiger charge is 2.20. The lowest BCUT2D eigenvalue weighted by Gasteiger charge is -2.17. The molecule has 0 fully saturated rings. The summed E-state index contributed by atoms with van der Waals surface area (Å²) in [4.78, 5) is 20.6. The summed E-state index contributed by atoms with van der Waals surface area (Å²) < 4.78 is 10.8. The molecule has 0 aliphatic rings. The number of imidazole rings is 1. The van der Waals surface area contributed by atoms with Gasteiger partial charge in [-0.15, -0.1) is 0 Å². The van der Waals surface area contributed by atoms with E-state index >= 15 is 0 Å². The number of ether oxygens (including phenoxy) is 2. The Kier molecular flexibility index (Phi) is 6.77. The molecule has 3 aromatic rings. The van der Waals surface area contributed by atoms with Crippen LogP contribution in [-0.2, 0) is 0 Å². The Hall–Kier alpha value is -2.99. The molecular formula is C22H24ClN3O3. The van der Waals surface area contributed by atoms with Gasteiger partial charge in [0.05, 0.1) is 36.7 Å². The van der Waals surface area contributed by atoms with Crippen LogP contribution in [0.1, 0.15) is 42.5 Å². The zero-order chi connectivity index (χ0) is 20.8. The second-order valence-electron chi connectivity index (χ2n) is 6.40. The first-order chi connectivity index (χ1) is 14.1. The van der Waals surface area contributed by atoms with Gasteiger partial charge in [0.1, 0.15) is 5.82 Å². The molecule has 1 atom stereocenters. The Morgan fingerprint density at radius 1 is 1.24 bits per heavy atom. The van der Waals surface area contributed by atoms with E-state index in [-0.39, 0.29) is 11.9 Å². The number of H-pyrrole nitrogens is 1. The Balaban J connectivity index is 1.80. The highest BCUT2D eigenvalue weighted by molar-refractivity contribution is 6.32. The molecule has 152 valence electrons. The number of aromatic nitrogens is 2. The van der Waals surface area contributed by atoms with Gasteiger partial charge in [0, 0.05) is 5.56 Å². The fourth-order valence-electron chi connectivity index (χ4n) is 3.02. The van der Waals surface area contributed by atoms with Gasteiger partial charge in [-0.3, -0.25) is 4.79 Å². The van der Waals surface area contributed by atoms with E-state index in [2.05, 4.69) is 15.3 Å². The van der Waals surface area contributed by atoms with Crippen molar-refractivity contribution in [3.05, 3.63) is 65.1 Å². The number of hydrogen-bond acceptors (Lipinski definition) is 4. The zero-order valence-electron chi connectivity index (χ0n) is 16.7. The van der Waals surface area contributed by atoms with Crippen LogP contribution in [-0.4, -0.2) is 29.6 Å². The van der Waals surface area contributed by atoms with Crippen molar-refractivity contribution in [2.75, 3.05) is 13.7 Å². The normalized spacial score (nSPS) is 11.7. The number of nitrogens with zero attached hydrogens (tertiary/aromatic N) is 1. The number of methoxy groups -OCH3 is 1. The van der Waals surface area contributed by atoms with E-state index < -0.39 is 0 Å². The van der Waals surface area contributed by atoms with Crippen molar-refractivity contribution < 1.29 is 14.3 Å². The average molecular weight is 414 g/mol. The van der Waals surface area contributed by atoms with Gasteiger partial charge in [-0.2, -0.15) is 0 Å². The van der Waals surface area contributed by atoms with Crippen LogP contribution < -0.4 is 14.8 Å². The molecule has 7 heteroatoms. The molecule has 0 saturated heterocycles. The van der Waals surface area contributed by atoms with Gasteiger partial charge in [0.15, 0.2) is 11.5 Å². The molecule has 0 saturated carbocycles. The first-order valence-electron chi connectivity index (χ1n) is 9.48. The van der Waals surface area contributed by atoms with Crippen molar-refractivity contribution in [1.82, 2.24) is 15.3 Å². The summed E-state index contributed by atoms with van der Waals surface area (Å²) in [5.41, 5.74) is 2.33. The lowest BCUT2D eigenvalue weighted by molar-refractivity contribution is 0.0933. The van der Waals surface area contributed by atoms with Crippen LogP contribution in [0.2, 0.25) is 5.02 Å². The molecular weight excluding hydrogens is 390 g/mol. The minimum absolute atomic E-state index is 0.266. The van der Waals surface area contributed by atoms with Crippen molar-refractivity contribution in [1.29, 1.82) is 0 Å². The summed E-state index contributed by atoms with van der Waals surface area (Å²) >= 11 is 6.29. The molecule has 3 rings (SSSR count). The van der Waals surface area contributed by atoms with Crippen LogP contribution in [0.4, 0.5) is 0 Å². The Morgan fingerprint density at radius 3 is 2.66 bits per heavy atom. The van der Waals surface area contributed by atoms with Crippen LogP contribution in [0.25, 0.3) is 11.3 Å². The number of aromatic amines is 1. The largest absolute Gasteiger partial charge is 0.493 e. The maximum Gasteiger partial charge on any atom is 0.252 e. The molecule has 2 aromatic carbocycles. The van der Waals surface area contributed by atoms with Crippen LogP contribution in [0.5, 0.6) is 11.5 Å². The first-order valence-corrected chi connectivity index (χ1v) is 9.86. The fourth-order valence-corrected chi connectivity index (χ4v) is 3.28. The molecule has 0 radical (unpaired) electrons. The molecule has 0 aliphatic heterocycles. The Labute approximate surface area is 175 Å². The maximum absolute atomic E-state index is 12.8. The molecule has 1 heterocycles. The molecule has 29 heavy (non-hydrogen) atoms. The Bertz CT molecular complexity index is 973. The van der Waals surface area contributed by atoms with Crippen molar-refractivity contribution >= 4 is 17.5 Å². The number of carbonyl (C=O) groups is 1. The topological polar surface area (TPSA) is 76.2 Å². The van der Waals surface area contributed by atoms with Crippen molar-refractivity contribution in [3.8, 4) is 22.8 Å². The summed E-state index contributed by atoms with van der Waals surface area (Å²) in [5, 5.41) is 3.33. The van der Waals surface area contributed by atoms with Gasteiger partial charge in [-0.05, 0) is 31.0 Å². The van der Waals surface area contributed by atoms with Crippen LogP contribution in [0.15, 0.2) is 48.7 Å². The molecule has 0 aliphatic carbocycles. The number of halogens is 1. The van der Waals surface area contributed by atoms with Gasteiger partial charge in [0.25, 0.3) is 5.91 Å². The summed E-state index contributed by atoms with van der Waals surface area (Å²) in [6, 6.07) is 12.8. The molecule has 0 bridgehead atoms. The number of rotatable bonds is 8. The number of benzene rings is 2. The van der Waals surface area contributed by atoms with E-state index in [4.69, 9.17) is 21.1 Å². The molecule has 1 unspecified atom stereocenters. The third-order valence-corrected chi connectivity index (χ3v) is 4.78. The van der Waals surface area contributed by atoms with Gasteiger partial charge in [0.2, 0.25) is 0 Å². The molecule has 1 aromatic heterocycles. The molecule has 0 spiro atoms. The van der Waals surface area contributed by atoms with Crippen LogP contribution >= 0.6 is 11.6 Å². The van der Waals surface area contributed by atoms with Gasteiger partial charge >= 0.3 is 0 Å². The van der Waals surface area contributed by atoms with Crippen LogP contribution in [0.3, 0.4) is 0 Å². The third-order valence-electron chi connectivity index (χ3n) is 4.50. The highest BCUT2D eigenvalue weighted by atomic mass is 35.5. The smallest absolute Gasteiger partial charge is 0.252 e. The second-order valence-corrected chi connectivity index (χ2v) is 6.81. The monoisotopic (exact) mass is 413 g/mol. The number of amides is 1. The highest BCUT2D eigenvalue weighted by Crippen LogP contribution is 2.36. The van der Waals surface area contributed by atoms with Crippen molar-refractivity contribution in [3.63, 3.8) is 0 Å². The predicted molar refractivity (Wildman–Crippen MR) is 114 cm³/mol. The second kappa shape index (κ2) is 9.47. The minimum atomic E-state index is -0.267. The van der Waals surface area contributed by atoms with E-state index in [1.54, 1.807) is 18.3 Å². The first kappa shape index (κ1) is 20.7. The quantitative estimate of drug-likeness (QED) is 0.543. The maximum atomic E-state index is 12.8. The summed E-state index contributed by atoms with van der Waals surface area (Å²) in [6.07, 6.45) is 2.45. The molecule has 2 N–H and O–H groups in total. The van der Waals surface area contributed by atoms with Crippen molar-refractivity contribution in [2.24, 2.45) is 0 Å². The standard InChI is InChI=1S/C22H24ClN3O3/c1-4-17(21-24-13-18(25-21)14-9-7-6-8-10-14)26-22(27)15-11-16(23)20(29-5-2)19(12-15)28-3/h6-13,17H,4-5H2,1-3H3,(H,24,25)(H,26,27). The fraction of sp³-hybridized carbons (Fsp3) is 0.273. The van der Waals surface area contributed by atoms with E-state index in [9.17, 15) is 4.79 Å². The van der Waals surface area contributed by atoms with Gasteiger partial charge in [-0.25, -0.2) is 4.98 Å². The Morgan fingerprint density at radius 2 is 2.00 bits per heavy atom. The predicted octanol–water partition coefficient (Wildman–Crippen LogP) is 5.02.